The van der Waals surface area contributed by atoms with Gasteiger partial charge in [-0.05, 0) is 12.8 Å². The SMILES string of the molecule is CCC(CO)(CO)NC(=O)C1(N)C2CCOC2C1(C)C. The summed E-state index contributed by atoms with van der Waals surface area (Å²) >= 11 is 0. The number of carbonyl (C=O) groups excluding carboxylic acids is 1. The van der Waals surface area contributed by atoms with Crippen molar-refractivity contribution in [3.05, 3.63) is 0 Å². The molecule has 1 amide bonds. The van der Waals surface area contributed by atoms with Gasteiger partial charge in [-0.1, -0.05) is 20.8 Å². The summed E-state index contributed by atoms with van der Waals surface area (Å²) in [7, 11) is 0. The lowest BCUT2D eigenvalue weighted by molar-refractivity contribution is -0.177. The molecule has 6 heteroatoms. The summed E-state index contributed by atoms with van der Waals surface area (Å²) in [5, 5.41) is 21.7. The largest absolute Gasteiger partial charge is 0.394 e. The average molecular weight is 286 g/mol. The van der Waals surface area contributed by atoms with Crippen molar-refractivity contribution in [3.8, 4) is 0 Å². The van der Waals surface area contributed by atoms with E-state index in [1.807, 2.05) is 20.8 Å². The van der Waals surface area contributed by atoms with Gasteiger partial charge in [-0.25, -0.2) is 0 Å². The lowest BCUT2D eigenvalue weighted by atomic mass is 9.47. The number of amides is 1. The van der Waals surface area contributed by atoms with E-state index in [1.54, 1.807) is 0 Å². The molecule has 3 unspecified atom stereocenters. The van der Waals surface area contributed by atoms with Gasteiger partial charge in [-0.2, -0.15) is 0 Å². The Morgan fingerprint density at radius 3 is 2.55 bits per heavy atom. The van der Waals surface area contributed by atoms with Gasteiger partial charge in [0.05, 0.1) is 24.9 Å². The molecule has 6 nitrogen and oxygen atoms in total. The Kier molecular flexibility index (Phi) is 3.88. The van der Waals surface area contributed by atoms with Crippen molar-refractivity contribution in [3.63, 3.8) is 0 Å². The zero-order valence-corrected chi connectivity index (χ0v) is 12.5. The number of ether oxygens (including phenoxy) is 1. The summed E-state index contributed by atoms with van der Waals surface area (Å²) in [6.07, 6.45) is 1.22. The molecule has 0 bridgehead atoms. The smallest absolute Gasteiger partial charge is 0.241 e. The monoisotopic (exact) mass is 286 g/mol. The van der Waals surface area contributed by atoms with Gasteiger partial charge in [0.2, 0.25) is 5.91 Å². The van der Waals surface area contributed by atoms with Gasteiger partial charge in [0.1, 0.15) is 5.54 Å². The molecule has 3 atom stereocenters. The fraction of sp³-hybridized carbons (Fsp3) is 0.929. The number of nitrogens with one attached hydrogen (secondary N) is 1. The van der Waals surface area contributed by atoms with E-state index in [2.05, 4.69) is 5.32 Å². The summed E-state index contributed by atoms with van der Waals surface area (Å²) in [5.74, 6) is -0.302. The molecule has 1 aliphatic heterocycles. The summed E-state index contributed by atoms with van der Waals surface area (Å²) in [5.41, 5.74) is 3.94. The number of aliphatic hydroxyl groups is 2. The van der Waals surface area contributed by atoms with E-state index < -0.39 is 16.5 Å². The minimum absolute atomic E-state index is 0.00411. The second-order valence-corrected chi connectivity index (χ2v) is 6.68. The molecule has 1 saturated heterocycles. The minimum Gasteiger partial charge on any atom is -0.394 e. The molecule has 1 heterocycles. The Labute approximate surface area is 119 Å². The molecule has 0 spiro atoms. The van der Waals surface area contributed by atoms with Crippen LogP contribution in [0.25, 0.3) is 0 Å². The van der Waals surface area contributed by atoms with Crippen LogP contribution < -0.4 is 11.1 Å². The summed E-state index contributed by atoms with van der Waals surface area (Å²) in [6.45, 7) is 5.68. The molecule has 2 fully saturated rings. The van der Waals surface area contributed by atoms with Gasteiger partial charge in [0.15, 0.2) is 0 Å². The number of hydrogen-bond acceptors (Lipinski definition) is 5. The molecular formula is C14H26N2O4. The van der Waals surface area contributed by atoms with Gasteiger partial charge in [0.25, 0.3) is 0 Å². The number of carbonyl (C=O) groups is 1. The third-order valence-electron chi connectivity index (χ3n) is 5.49. The third kappa shape index (κ3) is 1.82. The maximum atomic E-state index is 12.7. The number of rotatable bonds is 5. The standard InChI is InChI=1S/C14H26N2O4/c1-4-13(7-17,8-18)16-11(19)14(15)9-5-6-20-10(9)12(14,2)3/h9-10,17-18H,4-8,15H2,1-3H3,(H,16,19). The molecule has 2 aliphatic rings. The number of nitrogens with two attached hydrogens (primary N) is 1. The van der Waals surface area contributed by atoms with Crippen molar-refractivity contribution >= 4 is 5.91 Å². The Morgan fingerprint density at radius 1 is 1.45 bits per heavy atom. The van der Waals surface area contributed by atoms with Crippen molar-refractivity contribution in [1.29, 1.82) is 0 Å². The van der Waals surface area contributed by atoms with E-state index in [0.717, 1.165) is 6.42 Å². The van der Waals surface area contributed by atoms with Gasteiger partial charge < -0.3 is 26.0 Å². The molecule has 1 aliphatic carbocycles. The highest BCUT2D eigenvalue weighted by Crippen LogP contribution is 2.58. The third-order valence-corrected chi connectivity index (χ3v) is 5.49. The summed E-state index contributed by atoms with van der Waals surface area (Å²) in [4.78, 5) is 12.7. The number of aliphatic hydroxyl groups excluding tert-OH is 2. The first-order valence-electron chi connectivity index (χ1n) is 7.24. The number of fused-ring (bicyclic) bond motifs is 1. The van der Waals surface area contributed by atoms with Crippen molar-refractivity contribution in [2.24, 2.45) is 17.1 Å². The molecule has 0 aromatic rings. The van der Waals surface area contributed by atoms with E-state index >= 15 is 0 Å². The van der Waals surface area contributed by atoms with Crippen LogP contribution in [-0.2, 0) is 9.53 Å². The van der Waals surface area contributed by atoms with E-state index in [0.29, 0.717) is 13.0 Å². The molecule has 1 saturated carbocycles. The van der Waals surface area contributed by atoms with Gasteiger partial charge in [-0.3, -0.25) is 4.79 Å². The maximum absolute atomic E-state index is 12.7. The zero-order valence-electron chi connectivity index (χ0n) is 12.5. The van der Waals surface area contributed by atoms with Crippen LogP contribution >= 0.6 is 0 Å². The summed E-state index contributed by atoms with van der Waals surface area (Å²) < 4.78 is 5.66. The predicted octanol–water partition coefficient (Wildman–Crippen LogP) is -0.622. The molecule has 0 aromatic carbocycles. The molecule has 0 aromatic heterocycles. The van der Waals surface area contributed by atoms with Crippen LogP contribution in [0.15, 0.2) is 0 Å². The molecule has 2 rings (SSSR count). The van der Waals surface area contributed by atoms with Crippen LogP contribution in [0.1, 0.15) is 33.6 Å². The molecule has 20 heavy (non-hydrogen) atoms. The van der Waals surface area contributed by atoms with Crippen LogP contribution in [0.3, 0.4) is 0 Å². The van der Waals surface area contributed by atoms with Crippen LogP contribution in [-0.4, -0.2) is 53.1 Å². The van der Waals surface area contributed by atoms with Crippen molar-refractivity contribution in [2.75, 3.05) is 19.8 Å². The molecule has 116 valence electrons. The lowest BCUT2D eigenvalue weighted by Crippen LogP contribution is -2.81. The van der Waals surface area contributed by atoms with Crippen LogP contribution in [0.5, 0.6) is 0 Å². The van der Waals surface area contributed by atoms with Crippen molar-refractivity contribution < 1.29 is 19.7 Å². The lowest BCUT2D eigenvalue weighted by Gasteiger charge is -2.61. The Balaban J connectivity index is 2.20. The number of hydrogen-bond donors (Lipinski definition) is 4. The first-order valence-corrected chi connectivity index (χ1v) is 7.24. The Morgan fingerprint density at radius 2 is 2.05 bits per heavy atom. The predicted molar refractivity (Wildman–Crippen MR) is 73.9 cm³/mol. The second kappa shape index (κ2) is 4.94. The molecular weight excluding hydrogens is 260 g/mol. The highest BCUT2D eigenvalue weighted by molar-refractivity contribution is 5.90. The molecule has 5 N–H and O–H groups in total. The summed E-state index contributed by atoms with van der Waals surface area (Å²) in [6, 6.07) is 0. The van der Waals surface area contributed by atoms with Crippen LogP contribution in [0.4, 0.5) is 0 Å². The fourth-order valence-corrected chi connectivity index (χ4v) is 3.63. The first-order chi connectivity index (χ1) is 9.29. The topological polar surface area (TPSA) is 105 Å². The first kappa shape index (κ1) is 15.7. The maximum Gasteiger partial charge on any atom is 0.241 e. The quantitative estimate of drug-likeness (QED) is 0.539. The van der Waals surface area contributed by atoms with Crippen molar-refractivity contribution in [1.82, 2.24) is 5.32 Å². The van der Waals surface area contributed by atoms with E-state index in [9.17, 15) is 15.0 Å². The van der Waals surface area contributed by atoms with Crippen molar-refractivity contribution in [2.45, 2.75) is 50.8 Å². The van der Waals surface area contributed by atoms with E-state index in [4.69, 9.17) is 10.5 Å². The highest BCUT2D eigenvalue weighted by Gasteiger charge is 2.71. The Hall–Kier alpha value is -0.690. The van der Waals surface area contributed by atoms with Gasteiger partial charge in [-0.15, -0.1) is 0 Å². The van der Waals surface area contributed by atoms with Crippen LogP contribution in [0, 0.1) is 11.3 Å². The van der Waals surface area contributed by atoms with Gasteiger partial charge >= 0.3 is 0 Å². The fourth-order valence-electron chi connectivity index (χ4n) is 3.63. The second-order valence-electron chi connectivity index (χ2n) is 6.68. The molecule has 0 radical (unpaired) electrons. The van der Waals surface area contributed by atoms with Gasteiger partial charge in [0, 0.05) is 17.9 Å². The van der Waals surface area contributed by atoms with Crippen LogP contribution in [0.2, 0.25) is 0 Å². The zero-order chi connectivity index (χ0) is 15.2. The average Bonchev–Trinajstić information content (AvgIpc) is 2.92. The van der Waals surface area contributed by atoms with E-state index in [-0.39, 0.29) is 31.1 Å². The highest BCUT2D eigenvalue weighted by atomic mass is 16.5. The Bertz CT molecular complexity index is 386. The minimum atomic E-state index is -1.01. The van der Waals surface area contributed by atoms with E-state index in [1.165, 1.54) is 0 Å². The normalized spacial score (nSPS) is 35.3.